The van der Waals surface area contributed by atoms with Crippen molar-refractivity contribution in [2.75, 3.05) is 32.7 Å². The second kappa shape index (κ2) is 9.40. The van der Waals surface area contributed by atoms with Gasteiger partial charge in [0, 0.05) is 26.2 Å². The highest BCUT2D eigenvalue weighted by atomic mass is 35.5. The minimum Gasteiger partial charge on any atom is -0.339 e. The van der Waals surface area contributed by atoms with Gasteiger partial charge in [-0.05, 0) is 12.8 Å². The van der Waals surface area contributed by atoms with E-state index in [1.54, 1.807) is 4.90 Å². The summed E-state index contributed by atoms with van der Waals surface area (Å²) in [7, 11) is 0. The second-order valence-electron chi connectivity index (χ2n) is 6.35. The number of carbonyl (C=O) groups is 1. The molecule has 2 N–H and O–H groups in total. The molecular formula is C14H25Cl2F4N3O. The Morgan fingerprint density at radius 3 is 2.00 bits per heavy atom. The van der Waals surface area contributed by atoms with Crippen LogP contribution in [0.3, 0.4) is 0 Å². The molecule has 0 spiro atoms. The highest BCUT2D eigenvalue weighted by molar-refractivity contribution is 5.86. The number of hydrogen-bond acceptors (Lipinski definition) is 3. The third-order valence-corrected chi connectivity index (χ3v) is 4.58. The molecule has 144 valence electrons. The van der Waals surface area contributed by atoms with Gasteiger partial charge in [0.2, 0.25) is 5.91 Å². The van der Waals surface area contributed by atoms with Crippen molar-refractivity contribution < 1.29 is 22.4 Å². The van der Waals surface area contributed by atoms with Gasteiger partial charge >= 0.3 is 12.3 Å². The number of piperazine rings is 1. The minimum atomic E-state index is -4.01. The van der Waals surface area contributed by atoms with Crippen LogP contribution in [-0.2, 0) is 4.79 Å². The zero-order chi connectivity index (χ0) is 16.4. The molecule has 1 saturated heterocycles. The fraction of sp³-hybridized carbons (Fsp3) is 0.929. The SMILES string of the molecule is Cl.Cl.NC1(C(=O)N2CCN(CC(F)(F)C(F)F)CC2)CCCCC1. The summed E-state index contributed by atoms with van der Waals surface area (Å²) in [5.74, 6) is -4.14. The summed E-state index contributed by atoms with van der Waals surface area (Å²) in [4.78, 5) is 15.4. The highest BCUT2D eigenvalue weighted by Gasteiger charge is 2.44. The van der Waals surface area contributed by atoms with Crippen LogP contribution in [0.2, 0.25) is 0 Å². The summed E-state index contributed by atoms with van der Waals surface area (Å²) in [5, 5.41) is 0. The monoisotopic (exact) mass is 397 g/mol. The summed E-state index contributed by atoms with van der Waals surface area (Å²) in [5.41, 5.74) is 5.35. The molecular weight excluding hydrogens is 373 g/mol. The number of halogens is 6. The fourth-order valence-electron chi connectivity index (χ4n) is 3.19. The topological polar surface area (TPSA) is 49.6 Å². The first-order valence-corrected chi connectivity index (χ1v) is 7.71. The number of alkyl halides is 4. The van der Waals surface area contributed by atoms with Gasteiger partial charge in [-0.25, -0.2) is 8.78 Å². The molecule has 4 nitrogen and oxygen atoms in total. The Hall–Kier alpha value is -0.310. The van der Waals surface area contributed by atoms with Crippen LogP contribution in [-0.4, -0.2) is 66.3 Å². The molecule has 0 bridgehead atoms. The van der Waals surface area contributed by atoms with Crippen LogP contribution in [0.4, 0.5) is 17.6 Å². The first-order valence-electron chi connectivity index (χ1n) is 7.71. The Morgan fingerprint density at radius 1 is 1.04 bits per heavy atom. The Kier molecular flexibility index (Phi) is 9.28. The number of amides is 1. The Balaban J connectivity index is 0.00000264. The lowest BCUT2D eigenvalue weighted by molar-refractivity contribution is -0.150. The minimum absolute atomic E-state index is 0. The van der Waals surface area contributed by atoms with Gasteiger partial charge in [-0.3, -0.25) is 9.69 Å². The number of nitrogens with zero attached hydrogens (tertiary/aromatic N) is 2. The van der Waals surface area contributed by atoms with Crippen molar-refractivity contribution >= 4 is 30.7 Å². The fourth-order valence-corrected chi connectivity index (χ4v) is 3.19. The summed E-state index contributed by atoms with van der Waals surface area (Å²) in [6, 6.07) is 0. The molecule has 1 aliphatic carbocycles. The quantitative estimate of drug-likeness (QED) is 0.741. The Bertz CT molecular complexity index is 401. The molecule has 0 unspecified atom stereocenters. The van der Waals surface area contributed by atoms with E-state index in [0.29, 0.717) is 12.8 Å². The lowest BCUT2D eigenvalue weighted by atomic mass is 9.81. The van der Waals surface area contributed by atoms with Crippen molar-refractivity contribution in [3.8, 4) is 0 Å². The van der Waals surface area contributed by atoms with Crippen LogP contribution in [0.5, 0.6) is 0 Å². The molecule has 0 aromatic heterocycles. The highest BCUT2D eigenvalue weighted by Crippen LogP contribution is 2.29. The van der Waals surface area contributed by atoms with Crippen LogP contribution in [0, 0.1) is 0 Å². The summed E-state index contributed by atoms with van der Waals surface area (Å²) >= 11 is 0. The predicted molar refractivity (Wildman–Crippen MR) is 88.5 cm³/mol. The van der Waals surface area contributed by atoms with E-state index < -0.39 is 24.4 Å². The predicted octanol–water partition coefficient (Wildman–Crippen LogP) is 2.54. The van der Waals surface area contributed by atoms with Crippen molar-refractivity contribution in [3.05, 3.63) is 0 Å². The lowest BCUT2D eigenvalue weighted by Gasteiger charge is -2.41. The van der Waals surface area contributed by atoms with Crippen molar-refractivity contribution in [2.24, 2.45) is 5.73 Å². The summed E-state index contributed by atoms with van der Waals surface area (Å²) in [6.07, 6.45) is 0.543. The number of carbonyl (C=O) groups excluding carboxylic acids is 1. The Labute approximate surface area is 151 Å². The molecule has 24 heavy (non-hydrogen) atoms. The van der Waals surface area contributed by atoms with Crippen LogP contribution in [0.15, 0.2) is 0 Å². The van der Waals surface area contributed by atoms with Crippen LogP contribution >= 0.6 is 24.8 Å². The molecule has 0 radical (unpaired) electrons. The maximum absolute atomic E-state index is 13.0. The van der Waals surface area contributed by atoms with Crippen LogP contribution in [0.1, 0.15) is 32.1 Å². The number of rotatable bonds is 4. The first kappa shape index (κ1) is 23.7. The molecule has 1 heterocycles. The van der Waals surface area contributed by atoms with Gasteiger partial charge in [-0.2, -0.15) is 8.78 Å². The molecule has 10 heteroatoms. The van der Waals surface area contributed by atoms with Gasteiger partial charge in [0.1, 0.15) is 0 Å². The average molecular weight is 398 g/mol. The zero-order valence-electron chi connectivity index (χ0n) is 13.4. The number of hydrogen-bond donors (Lipinski definition) is 1. The van der Waals surface area contributed by atoms with E-state index >= 15 is 0 Å². The molecule has 0 atom stereocenters. The van der Waals surface area contributed by atoms with E-state index in [-0.39, 0.29) is 56.9 Å². The van der Waals surface area contributed by atoms with Crippen LogP contribution in [0.25, 0.3) is 0 Å². The maximum Gasteiger partial charge on any atom is 0.319 e. The number of nitrogens with two attached hydrogens (primary N) is 1. The van der Waals surface area contributed by atoms with Crippen molar-refractivity contribution in [1.29, 1.82) is 0 Å². The zero-order valence-corrected chi connectivity index (χ0v) is 15.0. The third-order valence-electron chi connectivity index (χ3n) is 4.58. The van der Waals surface area contributed by atoms with Gasteiger partial charge in [-0.1, -0.05) is 19.3 Å². The van der Waals surface area contributed by atoms with E-state index in [4.69, 9.17) is 5.73 Å². The Morgan fingerprint density at radius 2 is 1.54 bits per heavy atom. The van der Waals surface area contributed by atoms with E-state index in [0.717, 1.165) is 19.3 Å². The molecule has 2 fully saturated rings. The van der Waals surface area contributed by atoms with Crippen LogP contribution < -0.4 is 5.73 Å². The van der Waals surface area contributed by atoms with Gasteiger partial charge in [0.05, 0.1) is 12.1 Å². The summed E-state index contributed by atoms with van der Waals surface area (Å²) < 4.78 is 50.5. The van der Waals surface area contributed by atoms with E-state index in [9.17, 15) is 22.4 Å². The van der Waals surface area contributed by atoms with E-state index in [1.165, 1.54) is 4.90 Å². The molecule has 2 rings (SSSR count). The van der Waals surface area contributed by atoms with Crippen molar-refractivity contribution in [2.45, 2.75) is 50.0 Å². The van der Waals surface area contributed by atoms with E-state index in [2.05, 4.69) is 0 Å². The third kappa shape index (κ3) is 5.61. The van der Waals surface area contributed by atoms with Gasteiger partial charge in [0.15, 0.2) is 0 Å². The van der Waals surface area contributed by atoms with Gasteiger partial charge < -0.3 is 10.6 Å². The van der Waals surface area contributed by atoms with Crippen molar-refractivity contribution in [3.63, 3.8) is 0 Å². The maximum atomic E-state index is 13.0. The smallest absolute Gasteiger partial charge is 0.319 e. The summed E-state index contributed by atoms with van der Waals surface area (Å²) in [6.45, 7) is -0.108. The average Bonchev–Trinajstić information content (AvgIpc) is 2.47. The van der Waals surface area contributed by atoms with Gasteiger partial charge in [0.25, 0.3) is 0 Å². The normalized spacial score (nSPS) is 21.8. The van der Waals surface area contributed by atoms with Gasteiger partial charge in [-0.15, -0.1) is 24.8 Å². The molecule has 2 aliphatic rings. The van der Waals surface area contributed by atoms with E-state index in [1.807, 2.05) is 0 Å². The standard InChI is InChI=1S/C14H23F4N3O.2ClH/c15-11(16)14(17,18)10-20-6-8-21(9-7-20)12(22)13(19)4-2-1-3-5-13;;/h11H,1-10,19H2;2*1H. The first-order chi connectivity index (χ1) is 10.2. The molecule has 1 aliphatic heterocycles. The second-order valence-corrected chi connectivity index (χ2v) is 6.35. The molecule has 1 saturated carbocycles. The lowest BCUT2D eigenvalue weighted by Crippen LogP contribution is -2.61. The molecule has 1 amide bonds. The molecule has 0 aromatic carbocycles. The molecule has 0 aromatic rings. The largest absolute Gasteiger partial charge is 0.339 e. The van der Waals surface area contributed by atoms with Crippen molar-refractivity contribution in [1.82, 2.24) is 9.80 Å².